The number of hydrogen-bond donors (Lipinski definition) is 2. The van der Waals surface area contributed by atoms with Crippen LogP contribution in [0.1, 0.15) is 13.8 Å². The molecule has 0 saturated heterocycles. The number of ether oxygens (including phenoxy) is 2. The molecule has 0 unspecified atom stereocenters. The fourth-order valence-electron chi connectivity index (χ4n) is 0.833. The summed E-state index contributed by atoms with van der Waals surface area (Å²) in [5.41, 5.74) is 0. The Morgan fingerprint density at radius 3 is 1.82 bits per heavy atom. The summed E-state index contributed by atoms with van der Waals surface area (Å²) in [5, 5.41) is 12.5. The molecule has 0 spiro atoms. The second-order valence-electron chi connectivity index (χ2n) is 2.60. The minimum Gasteiger partial charge on any atom is -0.450 e. The molecule has 94 valence electrons. The first kappa shape index (κ1) is 13.2. The molecule has 0 bridgehead atoms. The first-order valence-electron chi connectivity index (χ1n) is 4.86. The van der Waals surface area contributed by atoms with Crippen molar-refractivity contribution in [2.45, 2.75) is 13.8 Å². The Hall–Kier alpha value is -1.90. The van der Waals surface area contributed by atoms with Crippen LogP contribution in [0.3, 0.4) is 0 Å². The normalized spacial score (nSPS) is 9.53. The van der Waals surface area contributed by atoms with Crippen molar-refractivity contribution in [3.05, 3.63) is 0 Å². The highest BCUT2D eigenvalue weighted by molar-refractivity contribution is 7.19. The molecule has 0 aliphatic heterocycles. The van der Waals surface area contributed by atoms with Crippen LogP contribution in [0.2, 0.25) is 0 Å². The standard InChI is InChI=1S/C8H12N4O4S/c1-3-15-7(13)9-5-11-12-6(17-5)10-8(14)16-4-2/h3-4H2,1-2H3,(H,9,11,13)(H,10,12,14). The van der Waals surface area contributed by atoms with Crippen LogP contribution in [0, 0.1) is 0 Å². The summed E-state index contributed by atoms with van der Waals surface area (Å²) in [6, 6.07) is 0. The van der Waals surface area contributed by atoms with Crippen molar-refractivity contribution < 1.29 is 19.1 Å². The van der Waals surface area contributed by atoms with Crippen LogP contribution < -0.4 is 10.6 Å². The highest BCUT2D eigenvalue weighted by Crippen LogP contribution is 2.19. The van der Waals surface area contributed by atoms with Gasteiger partial charge in [-0.3, -0.25) is 10.6 Å². The van der Waals surface area contributed by atoms with E-state index in [1.54, 1.807) is 13.8 Å². The number of carbonyl (C=O) groups excluding carboxylic acids is 2. The van der Waals surface area contributed by atoms with E-state index in [1.807, 2.05) is 0 Å². The molecule has 8 nitrogen and oxygen atoms in total. The molecule has 0 fully saturated rings. The summed E-state index contributed by atoms with van der Waals surface area (Å²) < 4.78 is 9.30. The maximum Gasteiger partial charge on any atom is 0.413 e. The van der Waals surface area contributed by atoms with E-state index in [2.05, 4.69) is 30.3 Å². The number of nitrogens with one attached hydrogen (secondary N) is 2. The Morgan fingerprint density at radius 2 is 1.47 bits per heavy atom. The molecule has 0 saturated carbocycles. The largest absolute Gasteiger partial charge is 0.450 e. The average Bonchev–Trinajstić information content (AvgIpc) is 2.66. The van der Waals surface area contributed by atoms with Gasteiger partial charge < -0.3 is 9.47 Å². The average molecular weight is 260 g/mol. The van der Waals surface area contributed by atoms with Gasteiger partial charge in [0.05, 0.1) is 13.2 Å². The van der Waals surface area contributed by atoms with Gasteiger partial charge in [0, 0.05) is 0 Å². The lowest BCUT2D eigenvalue weighted by Crippen LogP contribution is -2.13. The van der Waals surface area contributed by atoms with Crippen molar-refractivity contribution in [2.75, 3.05) is 23.8 Å². The van der Waals surface area contributed by atoms with Crippen LogP contribution in [-0.2, 0) is 9.47 Å². The van der Waals surface area contributed by atoms with E-state index in [4.69, 9.17) is 0 Å². The zero-order chi connectivity index (χ0) is 12.7. The van der Waals surface area contributed by atoms with Gasteiger partial charge in [-0.2, -0.15) is 0 Å². The van der Waals surface area contributed by atoms with Crippen LogP contribution in [0.25, 0.3) is 0 Å². The topological polar surface area (TPSA) is 102 Å². The van der Waals surface area contributed by atoms with Crippen molar-refractivity contribution in [3.63, 3.8) is 0 Å². The van der Waals surface area contributed by atoms with Gasteiger partial charge in [-0.25, -0.2) is 9.59 Å². The second kappa shape index (κ2) is 6.63. The number of aromatic nitrogens is 2. The molecule has 2 amide bonds. The number of hydrogen-bond acceptors (Lipinski definition) is 7. The van der Waals surface area contributed by atoms with Gasteiger partial charge >= 0.3 is 12.2 Å². The lowest BCUT2D eigenvalue weighted by molar-refractivity contribution is 0.167. The van der Waals surface area contributed by atoms with E-state index in [-0.39, 0.29) is 23.5 Å². The molecule has 1 aromatic rings. The van der Waals surface area contributed by atoms with Gasteiger partial charge in [0.2, 0.25) is 10.3 Å². The van der Waals surface area contributed by atoms with Crippen LogP contribution in [0.15, 0.2) is 0 Å². The molecule has 0 aromatic carbocycles. The molecule has 9 heteroatoms. The van der Waals surface area contributed by atoms with Crippen molar-refractivity contribution in [1.82, 2.24) is 10.2 Å². The Kier molecular flexibility index (Phi) is 5.14. The highest BCUT2D eigenvalue weighted by Gasteiger charge is 2.10. The quantitative estimate of drug-likeness (QED) is 0.853. The Bertz CT molecular complexity index is 360. The number of nitrogens with zero attached hydrogens (tertiary/aromatic N) is 2. The Morgan fingerprint density at radius 1 is 1.06 bits per heavy atom. The molecule has 1 aromatic heterocycles. The highest BCUT2D eigenvalue weighted by atomic mass is 32.1. The first-order chi connectivity index (χ1) is 8.15. The summed E-state index contributed by atoms with van der Waals surface area (Å²) in [6.07, 6.45) is -1.24. The van der Waals surface area contributed by atoms with Crippen LogP contribution in [0.4, 0.5) is 19.9 Å². The Balaban J connectivity index is 2.47. The van der Waals surface area contributed by atoms with Gasteiger partial charge in [0.15, 0.2) is 0 Å². The molecule has 0 aliphatic carbocycles. The van der Waals surface area contributed by atoms with Crippen LogP contribution >= 0.6 is 11.3 Å². The maximum absolute atomic E-state index is 11.0. The van der Waals surface area contributed by atoms with Crippen molar-refractivity contribution in [3.8, 4) is 0 Å². The van der Waals surface area contributed by atoms with Gasteiger partial charge in [0.25, 0.3) is 0 Å². The predicted molar refractivity (Wildman–Crippen MR) is 61.2 cm³/mol. The minimum absolute atomic E-state index is 0.232. The molecule has 1 rings (SSSR count). The van der Waals surface area contributed by atoms with Crippen molar-refractivity contribution >= 4 is 33.8 Å². The third-order valence-corrected chi connectivity index (χ3v) is 2.15. The van der Waals surface area contributed by atoms with Gasteiger partial charge in [-0.15, -0.1) is 10.2 Å². The van der Waals surface area contributed by atoms with Crippen molar-refractivity contribution in [2.24, 2.45) is 0 Å². The molecular formula is C8H12N4O4S. The van der Waals surface area contributed by atoms with E-state index >= 15 is 0 Å². The molecule has 1 heterocycles. The van der Waals surface area contributed by atoms with Crippen LogP contribution in [0.5, 0.6) is 0 Å². The van der Waals surface area contributed by atoms with Crippen LogP contribution in [-0.4, -0.2) is 35.6 Å². The Labute approximate surface area is 101 Å². The fourth-order valence-corrected chi connectivity index (χ4v) is 1.45. The number of rotatable bonds is 4. The molecule has 0 radical (unpaired) electrons. The summed E-state index contributed by atoms with van der Waals surface area (Å²) in [6.45, 7) is 3.90. The smallest absolute Gasteiger partial charge is 0.413 e. The summed E-state index contributed by atoms with van der Waals surface area (Å²) in [5.74, 6) is 0. The van der Waals surface area contributed by atoms with Gasteiger partial charge in [-0.05, 0) is 13.8 Å². The zero-order valence-corrected chi connectivity index (χ0v) is 10.2. The van der Waals surface area contributed by atoms with E-state index in [0.29, 0.717) is 0 Å². The monoisotopic (exact) mass is 260 g/mol. The molecule has 0 aliphatic rings. The fraction of sp³-hybridized carbons (Fsp3) is 0.500. The molecule has 0 atom stereocenters. The lowest BCUT2D eigenvalue weighted by Gasteiger charge is -2.00. The predicted octanol–water partition coefficient (Wildman–Crippen LogP) is 1.67. The second-order valence-corrected chi connectivity index (χ2v) is 3.58. The molecular weight excluding hydrogens is 248 g/mol. The summed E-state index contributed by atoms with van der Waals surface area (Å²) in [4.78, 5) is 22.1. The summed E-state index contributed by atoms with van der Waals surface area (Å²) >= 11 is 0.995. The third-order valence-electron chi connectivity index (χ3n) is 1.39. The van der Waals surface area contributed by atoms with E-state index in [0.717, 1.165) is 11.3 Å². The zero-order valence-electron chi connectivity index (χ0n) is 9.35. The van der Waals surface area contributed by atoms with E-state index < -0.39 is 12.2 Å². The number of amides is 2. The van der Waals surface area contributed by atoms with Crippen molar-refractivity contribution in [1.29, 1.82) is 0 Å². The first-order valence-corrected chi connectivity index (χ1v) is 5.68. The number of carbonyl (C=O) groups is 2. The van der Waals surface area contributed by atoms with Gasteiger partial charge in [0.1, 0.15) is 0 Å². The lowest BCUT2D eigenvalue weighted by atomic mass is 10.9. The SMILES string of the molecule is CCOC(=O)Nc1nnc(NC(=O)OCC)s1. The number of anilines is 2. The van der Waals surface area contributed by atoms with E-state index in [9.17, 15) is 9.59 Å². The minimum atomic E-state index is -0.619. The maximum atomic E-state index is 11.0. The molecule has 17 heavy (non-hydrogen) atoms. The van der Waals surface area contributed by atoms with Gasteiger partial charge in [-0.1, -0.05) is 11.3 Å². The molecule has 2 N–H and O–H groups in total. The third kappa shape index (κ3) is 4.64. The van der Waals surface area contributed by atoms with E-state index in [1.165, 1.54) is 0 Å². The summed E-state index contributed by atoms with van der Waals surface area (Å²) in [7, 11) is 0.